The minimum atomic E-state index is 0.464. The molecule has 1 aromatic carbocycles. The number of ether oxygens (including phenoxy) is 1. The number of fused-ring (bicyclic) bond motifs is 3. The van der Waals surface area contributed by atoms with E-state index >= 15 is 0 Å². The number of hydrogen-bond acceptors (Lipinski definition) is 2. The summed E-state index contributed by atoms with van der Waals surface area (Å²) in [7, 11) is 1.74. The van der Waals surface area contributed by atoms with Gasteiger partial charge in [-0.3, -0.25) is 0 Å². The van der Waals surface area contributed by atoms with Crippen molar-refractivity contribution in [2.75, 3.05) is 13.7 Å². The molecule has 0 bridgehead atoms. The van der Waals surface area contributed by atoms with Gasteiger partial charge in [0, 0.05) is 16.6 Å². The quantitative estimate of drug-likeness (QED) is 0.818. The fraction of sp³-hybridized carbons (Fsp3) is 0.474. The summed E-state index contributed by atoms with van der Waals surface area (Å²) in [6.07, 6.45) is 7.25. The second-order valence-electron chi connectivity index (χ2n) is 6.70. The van der Waals surface area contributed by atoms with Crippen molar-refractivity contribution < 1.29 is 4.74 Å². The summed E-state index contributed by atoms with van der Waals surface area (Å²) in [6.45, 7) is 3.33. The van der Waals surface area contributed by atoms with Crippen molar-refractivity contribution in [3.63, 3.8) is 0 Å². The van der Waals surface area contributed by atoms with Gasteiger partial charge in [-0.1, -0.05) is 11.6 Å². The SMILES string of the molecule is COc1ccc2[nH]c3c(c2c1)CCN[C@@H]3[C@H]1CC=C(C)CC1. The maximum Gasteiger partial charge on any atom is 0.119 e. The predicted molar refractivity (Wildman–Crippen MR) is 90.4 cm³/mol. The summed E-state index contributed by atoms with van der Waals surface area (Å²) < 4.78 is 5.40. The van der Waals surface area contributed by atoms with E-state index in [2.05, 4.69) is 35.4 Å². The third-order valence-corrected chi connectivity index (χ3v) is 5.35. The fourth-order valence-electron chi connectivity index (χ4n) is 4.05. The van der Waals surface area contributed by atoms with Gasteiger partial charge in [-0.05, 0) is 68.8 Å². The number of hydrogen-bond donors (Lipinski definition) is 2. The van der Waals surface area contributed by atoms with Crippen molar-refractivity contribution in [1.82, 2.24) is 10.3 Å². The Morgan fingerprint density at radius 3 is 2.91 bits per heavy atom. The second-order valence-corrected chi connectivity index (χ2v) is 6.70. The molecule has 1 aliphatic heterocycles. The molecule has 2 atom stereocenters. The molecule has 1 aliphatic carbocycles. The van der Waals surface area contributed by atoms with Crippen molar-refractivity contribution in [1.29, 1.82) is 0 Å². The van der Waals surface area contributed by atoms with Crippen molar-refractivity contribution in [3.8, 4) is 5.75 Å². The molecule has 0 radical (unpaired) electrons. The van der Waals surface area contributed by atoms with Gasteiger partial charge in [0.1, 0.15) is 5.75 Å². The normalized spacial score (nSPS) is 24.9. The zero-order valence-electron chi connectivity index (χ0n) is 13.4. The Balaban J connectivity index is 1.75. The number of methoxy groups -OCH3 is 1. The number of benzene rings is 1. The number of aromatic nitrogens is 1. The monoisotopic (exact) mass is 296 g/mol. The predicted octanol–water partition coefficient (Wildman–Crippen LogP) is 4.11. The van der Waals surface area contributed by atoms with Crippen LogP contribution in [-0.4, -0.2) is 18.6 Å². The van der Waals surface area contributed by atoms with Gasteiger partial charge in [-0.25, -0.2) is 0 Å². The molecule has 0 amide bonds. The van der Waals surface area contributed by atoms with Gasteiger partial charge < -0.3 is 15.0 Å². The van der Waals surface area contributed by atoms with Gasteiger partial charge in [0.2, 0.25) is 0 Å². The number of nitrogens with one attached hydrogen (secondary N) is 2. The first-order valence-corrected chi connectivity index (χ1v) is 8.34. The molecule has 2 heterocycles. The van der Waals surface area contributed by atoms with Crippen LogP contribution in [0.15, 0.2) is 29.8 Å². The summed E-state index contributed by atoms with van der Waals surface area (Å²) in [4.78, 5) is 3.69. The van der Waals surface area contributed by atoms with E-state index in [-0.39, 0.29) is 0 Å². The van der Waals surface area contributed by atoms with Gasteiger partial charge in [0.25, 0.3) is 0 Å². The Kier molecular flexibility index (Phi) is 3.45. The molecule has 116 valence electrons. The standard InChI is InChI=1S/C19H24N2O/c1-12-3-5-13(6-4-12)18-19-15(9-10-20-18)16-11-14(22-2)7-8-17(16)21-19/h3,7-8,11,13,18,20-21H,4-6,9-10H2,1-2H3/t13-,18+/m0/s1. The van der Waals surface area contributed by atoms with Crippen LogP contribution in [0.25, 0.3) is 10.9 Å². The highest BCUT2D eigenvalue weighted by atomic mass is 16.5. The molecular formula is C19H24N2O. The van der Waals surface area contributed by atoms with E-state index in [0.717, 1.165) is 18.7 Å². The van der Waals surface area contributed by atoms with Crippen LogP contribution in [0.2, 0.25) is 0 Å². The topological polar surface area (TPSA) is 37.0 Å². The van der Waals surface area contributed by atoms with Crippen LogP contribution in [0, 0.1) is 5.92 Å². The Labute approximate surface area is 131 Å². The molecule has 0 unspecified atom stereocenters. The fourth-order valence-corrected chi connectivity index (χ4v) is 4.05. The molecule has 0 saturated carbocycles. The molecule has 4 rings (SSSR count). The lowest BCUT2D eigenvalue weighted by atomic mass is 9.81. The number of allylic oxidation sites excluding steroid dienone is 2. The van der Waals surface area contributed by atoms with E-state index in [9.17, 15) is 0 Å². The van der Waals surface area contributed by atoms with E-state index < -0.39 is 0 Å². The lowest BCUT2D eigenvalue weighted by Gasteiger charge is -2.33. The van der Waals surface area contributed by atoms with Crippen LogP contribution in [0.3, 0.4) is 0 Å². The Morgan fingerprint density at radius 1 is 1.23 bits per heavy atom. The molecule has 2 N–H and O–H groups in total. The Bertz CT molecular complexity index is 728. The van der Waals surface area contributed by atoms with E-state index in [1.54, 1.807) is 12.7 Å². The molecule has 0 saturated heterocycles. The van der Waals surface area contributed by atoms with Crippen LogP contribution in [0.1, 0.15) is 43.5 Å². The van der Waals surface area contributed by atoms with Crippen LogP contribution >= 0.6 is 0 Å². The summed E-state index contributed by atoms with van der Waals surface area (Å²) in [5, 5.41) is 5.09. The van der Waals surface area contributed by atoms with E-state index in [4.69, 9.17) is 4.74 Å². The van der Waals surface area contributed by atoms with Gasteiger partial charge in [0.05, 0.1) is 13.2 Å². The first kappa shape index (κ1) is 13.9. The van der Waals surface area contributed by atoms with Crippen molar-refractivity contribution in [2.24, 2.45) is 5.92 Å². The van der Waals surface area contributed by atoms with E-state index in [1.807, 2.05) is 6.07 Å². The first-order valence-electron chi connectivity index (χ1n) is 8.34. The molecule has 0 fully saturated rings. The highest BCUT2D eigenvalue weighted by Gasteiger charge is 2.30. The van der Waals surface area contributed by atoms with Crippen molar-refractivity contribution in [3.05, 3.63) is 41.1 Å². The molecular weight excluding hydrogens is 272 g/mol. The lowest BCUT2D eigenvalue weighted by molar-refractivity contribution is 0.317. The van der Waals surface area contributed by atoms with Gasteiger partial charge in [-0.15, -0.1) is 0 Å². The number of aromatic amines is 1. The summed E-state index contributed by atoms with van der Waals surface area (Å²) in [5.41, 5.74) is 5.69. The third-order valence-electron chi connectivity index (χ3n) is 5.35. The Hall–Kier alpha value is -1.74. The average Bonchev–Trinajstić information content (AvgIpc) is 2.93. The zero-order valence-corrected chi connectivity index (χ0v) is 13.4. The maximum absolute atomic E-state index is 5.40. The summed E-state index contributed by atoms with van der Waals surface area (Å²) >= 11 is 0. The smallest absolute Gasteiger partial charge is 0.119 e. The highest BCUT2D eigenvalue weighted by Crippen LogP contribution is 2.39. The minimum absolute atomic E-state index is 0.464. The lowest BCUT2D eigenvalue weighted by Crippen LogP contribution is -2.35. The summed E-state index contributed by atoms with van der Waals surface area (Å²) in [6, 6.07) is 6.83. The molecule has 2 aliphatic rings. The molecule has 22 heavy (non-hydrogen) atoms. The van der Waals surface area contributed by atoms with Crippen LogP contribution < -0.4 is 10.1 Å². The third kappa shape index (κ3) is 2.24. The van der Waals surface area contributed by atoms with Crippen LogP contribution in [0.4, 0.5) is 0 Å². The number of H-pyrrole nitrogens is 1. The first-order chi connectivity index (χ1) is 10.8. The minimum Gasteiger partial charge on any atom is -0.497 e. The molecule has 0 spiro atoms. The van der Waals surface area contributed by atoms with Crippen LogP contribution in [-0.2, 0) is 6.42 Å². The largest absolute Gasteiger partial charge is 0.497 e. The van der Waals surface area contributed by atoms with Gasteiger partial charge in [0.15, 0.2) is 0 Å². The van der Waals surface area contributed by atoms with E-state index in [1.165, 1.54) is 41.4 Å². The molecule has 2 aromatic rings. The molecule has 3 nitrogen and oxygen atoms in total. The summed E-state index contributed by atoms with van der Waals surface area (Å²) in [5.74, 6) is 1.65. The highest BCUT2D eigenvalue weighted by molar-refractivity contribution is 5.86. The molecule has 1 aromatic heterocycles. The average molecular weight is 296 g/mol. The van der Waals surface area contributed by atoms with Gasteiger partial charge >= 0.3 is 0 Å². The van der Waals surface area contributed by atoms with Gasteiger partial charge in [-0.2, -0.15) is 0 Å². The van der Waals surface area contributed by atoms with Crippen molar-refractivity contribution in [2.45, 2.75) is 38.6 Å². The second kappa shape index (κ2) is 5.47. The maximum atomic E-state index is 5.40. The number of rotatable bonds is 2. The zero-order chi connectivity index (χ0) is 15.1. The molecule has 3 heteroatoms. The Morgan fingerprint density at radius 2 is 2.14 bits per heavy atom. The van der Waals surface area contributed by atoms with Crippen LogP contribution in [0.5, 0.6) is 5.75 Å². The van der Waals surface area contributed by atoms with E-state index in [0.29, 0.717) is 12.0 Å². The van der Waals surface area contributed by atoms with Crippen molar-refractivity contribution >= 4 is 10.9 Å².